The highest BCUT2D eigenvalue weighted by Crippen LogP contribution is 2.14. The van der Waals surface area contributed by atoms with Crippen LogP contribution >= 0.6 is 0 Å². The molecule has 0 unspecified atom stereocenters. The Kier molecular flexibility index (Phi) is 3.18. The molecule has 0 saturated carbocycles. The van der Waals surface area contributed by atoms with Crippen molar-refractivity contribution in [2.75, 3.05) is 0 Å². The fourth-order valence-corrected chi connectivity index (χ4v) is 2.39. The van der Waals surface area contributed by atoms with E-state index in [2.05, 4.69) is 5.10 Å². The molecule has 0 spiro atoms. The fourth-order valence-electron chi connectivity index (χ4n) is 1.68. The van der Waals surface area contributed by atoms with Gasteiger partial charge in [0.2, 0.25) is 10.0 Å². The summed E-state index contributed by atoms with van der Waals surface area (Å²) < 4.78 is 37.0. The van der Waals surface area contributed by atoms with Crippen LogP contribution in [0, 0.1) is 12.7 Å². The first kappa shape index (κ1) is 12.7. The van der Waals surface area contributed by atoms with Gasteiger partial charge in [0.25, 0.3) is 0 Å². The van der Waals surface area contributed by atoms with Crippen molar-refractivity contribution in [1.82, 2.24) is 9.78 Å². The summed E-state index contributed by atoms with van der Waals surface area (Å²) in [7, 11) is -3.77. The van der Waals surface area contributed by atoms with E-state index in [4.69, 9.17) is 5.14 Å². The molecular weight excluding hydrogens is 257 g/mol. The first-order valence-corrected chi connectivity index (χ1v) is 6.72. The van der Waals surface area contributed by atoms with Crippen LogP contribution in [-0.4, -0.2) is 18.2 Å². The van der Waals surface area contributed by atoms with Gasteiger partial charge in [0.05, 0.1) is 18.4 Å². The Morgan fingerprint density at radius 1 is 1.44 bits per heavy atom. The maximum atomic E-state index is 13.0. The van der Waals surface area contributed by atoms with Crippen molar-refractivity contribution in [2.45, 2.75) is 18.4 Å². The van der Waals surface area contributed by atoms with E-state index in [9.17, 15) is 12.8 Å². The summed E-state index contributed by atoms with van der Waals surface area (Å²) in [5.41, 5.74) is 1.13. The summed E-state index contributed by atoms with van der Waals surface area (Å²) in [5.74, 6) is -0.344. The molecule has 1 aromatic carbocycles. The smallest absolute Gasteiger partial charge is 0.241 e. The maximum Gasteiger partial charge on any atom is 0.241 e. The van der Waals surface area contributed by atoms with Crippen LogP contribution in [0.15, 0.2) is 35.4 Å². The van der Waals surface area contributed by atoms with Crippen LogP contribution in [-0.2, 0) is 16.6 Å². The molecule has 0 aliphatic rings. The second-order valence-corrected chi connectivity index (χ2v) is 5.46. The van der Waals surface area contributed by atoms with E-state index in [0.717, 1.165) is 0 Å². The molecule has 0 aliphatic carbocycles. The molecule has 0 fully saturated rings. The minimum atomic E-state index is -3.77. The summed E-state index contributed by atoms with van der Waals surface area (Å²) in [6.07, 6.45) is 1.20. The number of hydrogen-bond acceptors (Lipinski definition) is 3. The highest BCUT2D eigenvalue weighted by Gasteiger charge is 2.16. The Labute approximate surface area is 104 Å². The number of sulfonamides is 1. The van der Waals surface area contributed by atoms with Gasteiger partial charge in [-0.1, -0.05) is 12.1 Å². The van der Waals surface area contributed by atoms with Crippen LogP contribution in [0.25, 0.3) is 0 Å². The molecule has 18 heavy (non-hydrogen) atoms. The van der Waals surface area contributed by atoms with Crippen molar-refractivity contribution in [3.63, 3.8) is 0 Å². The zero-order valence-electron chi connectivity index (χ0n) is 9.67. The van der Waals surface area contributed by atoms with Crippen LogP contribution in [0.1, 0.15) is 11.3 Å². The minimum Gasteiger partial charge on any atom is -0.264 e. The Balaban J connectivity index is 2.34. The van der Waals surface area contributed by atoms with Crippen LogP contribution in [0.2, 0.25) is 0 Å². The SMILES string of the molecule is Cc1c(S(N)(=O)=O)cnn1Cc1cccc(F)c1. The predicted molar refractivity (Wildman–Crippen MR) is 63.8 cm³/mol. The molecule has 0 atom stereocenters. The molecule has 96 valence electrons. The molecule has 0 radical (unpaired) electrons. The fraction of sp³-hybridized carbons (Fsp3) is 0.182. The molecule has 1 aromatic heterocycles. The van der Waals surface area contributed by atoms with E-state index in [1.54, 1.807) is 19.1 Å². The van der Waals surface area contributed by atoms with Gasteiger partial charge in [-0.2, -0.15) is 5.10 Å². The number of nitrogens with zero attached hydrogens (tertiary/aromatic N) is 2. The zero-order valence-corrected chi connectivity index (χ0v) is 10.5. The summed E-state index contributed by atoms with van der Waals surface area (Å²) in [6.45, 7) is 1.89. The second kappa shape index (κ2) is 4.51. The van der Waals surface area contributed by atoms with Crippen LogP contribution < -0.4 is 5.14 Å². The van der Waals surface area contributed by atoms with Crippen molar-refractivity contribution >= 4 is 10.0 Å². The molecule has 0 aliphatic heterocycles. The zero-order chi connectivity index (χ0) is 13.3. The topological polar surface area (TPSA) is 78.0 Å². The van der Waals surface area contributed by atoms with E-state index in [1.165, 1.54) is 23.0 Å². The van der Waals surface area contributed by atoms with E-state index in [1.807, 2.05) is 0 Å². The highest BCUT2D eigenvalue weighted by atomic mass is 32.2. The normalized spacial score (nSPS) is 11.7. The van der Waals surface area contributed by atoms with Gasteiger partial charge < -0.3 is 0 Å². The molecular formula is C11H12FN3O2S. The van der Waals surface area contributed by atoms with Crippen LogP contribution in [0.4, 0.5) is 4.39 Å². The quantitative estimate of drug-likeness (QED) is 0.903. The van der Waals surface area contributed by atoms with Crippen LogP contribution in [0.3, 0.4) is 0 Å². The lowest BCUT2D eigenvalue weighted by Crippen LogP contribution is -2.13. The van der Waals surface area contributed by atoms with Crippen molar-refractivity contribution in [1.29, 1.82) is 0 Å². The average Bonchev–Trinajstić information content (AvgIpc) is 2.60. The molecule has 0 saturated heterocycles. The van der Waals surface area contributed by atoms with Gasteiger partial charge >= 0.3 is 0 Å². The third-order valence-corrected chi connectivity index (χ3v) is 3.60. The maximum absolute atomic E-state index is 13.0. The molecule has 1 heterocycles. The molecule has 2 aromatic rings. The minimum absolute atomic E-state index is 0.0149. The first-order valence-electron chi connectivity index (χ1n) is 5.17. The van der Waals surface area contributed by atoms with Crippen molar-refractivity contribution < 1.29 is 12.8 Å². The number of rotatable bonds is 3. The summed E-state index contributed by atoms with van der Waals surface area (Å²) in [4.78, 5) is -0.0149. The largest absolute Gasteiger partial charge is 0.264 e. The highest BCUT2D eigenvalue weighted by molar-refractivity contribution is 7.89. The molecule has 2 rings (SSSR count). The van der Waals surface area contributed by atoms with Gasteiger partial charge in [-0.05, 0) is 24.6 Å². The van der Waals surface area contributed by atoms with Crippen LogP contribution in [0.5, 0.6) is 0 Å². The Morgan fingerprint density at radius 3 is 2.72 bits per heavy atom. The predicted octanol–water partition coefficient (Wildman–Crippen LogP) is 1.03. The van der Waals surface area contributed by atoms with Crippen molar-refractivity contribution in [2.24, 2.45) is 5.14 Å². The van der Waals surface area contributed by atoms with Gasteiger partial charge in [0, 0.05) is 0 Å². The molecule has 7 heteroatoms. The monoisotopic (exact) mass is 269 g/mol. The number of aromatic nitrogens is 2. The number of halogens is 1. The van der Waals surface area contributed by atoms with E-state index >= 15 is 0 Å². The van der Waals surface area contributed by atoms with Gasteiger partial charge in [-0.15, -0.1) is 0 Å². The summed E-state index contributed by atoms with van der Waals surface area (Å²) in [6, 6.07) is 6.04. The van der Waals surface area contributed by atoms with Crippen molar-refractivity contribution in [3.8, 4) is 0 Å². The third-order valence-electron chi connectivity index (χ3n) is 2.59. The van der Waals surface area contributed by atoms with Gasteiger partial charge in [0.1, 0.15) is 10.7 Å². The number of primary sulfonamides is 1. The van der Waals surface area contributed by atoms with Gasteiger partial charge in [-0.25, -0.2) is 17.9 Å². The van der Waals surface area contributed by atoms with E-state index < -0.39 is 10.0 Å². The Morgan fingerprint density at radius 2 is 2.17 bits per heavy atom. The van der Waals surface area contributed by atoms with E-state index in [0.29, 0.717) is 17.8 Å². The lowest BCUT2D eigenvalue weighted by atomic mass is 10.2. The van der Waals surface area contributed by atoms with E-state index in [-0.39, 0.29) is 10.7 Å². The Hall–Kier alpha value is -1.73. The third kappa shape index (κ3) is 2.57. The standard InChI is InChI=1S/C11H12FN3O2S/c1-8-11(18(13,16)17)6-14-15(8)7-9-3-2-4-10(12)5-9/h2-6H,7H2,1H3,(H2,13,16,17). The number of hydrogen-bond donors (Lipinski definition) is 1. The first-order chi connectivity index (χ1) is 8.38. The molecule has 5 nitrogen and oxygen atoms in total. The summed E-state index contributed by atoms with van der Waals surface area (Å²) in [5, 5.41) is 8.99. The summed E-state index contributed by atoms with van der Waals surface area (Å²) >= 11 is 0. The lowest BCUT2D eigenvalue weighted by Gasteiger charge is -2.05. The molecule has 2 N–H and O–H groups in total. The average molecular weight is 269 g/mol. The lowest BCUT2D eigenvalue weighted by molar-refractivity contribution is 0.595. The number of benzene rings is 1. The second-order valence-electron chi connectivity index (χ2n) is 3.93. The number of nitrogens with two attached hydrogens (primary N) is 1. The van der Waals surface area contributed by atoms with Crippen molar-refractivity contribution in [3.05, 3.63) is 47.5 Å². The Bertz CT molecular complexity index is 679. The van der Waals surface area contributed by atoms with Gasteiger partial charge in [-0.3, -0.25) is 4.68 Å². The van der Waals surface area contributed by atoms with Gasteiger partial charge in [0.15, 0.2) is 0 Å². The molecule has 0 bridgehead atoms. The molecule has 0 amide bonds.